The van der Waals surface area contributed by atoms with Crippen LogP contribution in [0, 0.1) is 0 Å². The molecule has 0 spiro atoms. The van der Waals surface area contributed by atoms with Crippen molar-refractivity contribution in [3.63, 3.8) is 0 Å². The molecule has 1 unspecified atom stereocenters. The number of nitrogens with two attached hydrogens (primary N) is 1. The molecule has 20 heavy (non-hydrogen) atoms. The Balaban J connectivity index is 2.18. The average Bonchev–Trinajstić information content (AvgIpc) is 2.42. The van der Waals surface area contributed by atoms with Crippen molar-refractivity contribution in [1.29, 1.82) is 0 Å². The van der Waals surface area contributed by atoms with E-state index in [0.29, 0.717) is 0 Å². The summed E-state index contributed by atoms with van der Waals surface area (Å²) in [5, 5.41) is 3.73. The predicted molar refractivity (Wildman–Crippen MR) is 74.4 cm³/mol. The third kappa shape index (κ3) is 2.23. The van der Waals surface area contributed by atoms with Gasteiger partial charge in [-0.1, -0.05) is 36.4 Å². The largest absolute Gasteiger partial charge is 0.407 e. The third-order valence-electron chi connectivity index (χ3n) is 3.44. The lowest BCUT2D eigenvalue weighted by Crippen LogP contribution is -2.28. The average molecular weight is 275 g/mol. The van der Waals surface area contributed by atoms with Crippen LogP contribution in [0.15, 0.2) is 54.6 Å². The standard InChI is InChI=1S/C16H12F3N/c17-16(18,19)15(20)13-6-5-12-7-10-3-1-2-4-11(10)8-14(12)9-13/h1-9,15H,20H2. The number of alkyl halides is 3. The molecule has 0 aliphatic heterocycles. The summed E-state index contributed by atoms with van der Waals surface area (Å²) in [4.78, 5) is 0. The van der Waals surface area contributed by atoms with Gasteiger partial charge in [-0.2, -0.15) is 13.2 Å². The quantitative estimate of drug-likeness (QED) is 0.647. The van der Waals surface area contributed by atoms with Gasteiger partial charge < -0.3 is 5.73 Å². The van der Waals surface area contributed by atoms with Crippen LogP contribution < -0.4 is 5.73 Å². The molecule has 1 nitrogen and oxygen atoms in total. The van der Waals surface area contributed by atoms with E-state index in [1.54, 1.807) is 6.07 Å². The Morgan fingerprint density at radius 3 is 1.90 bits per heavy atom. The van der Waals surface area contributed by atoms with Crippen LogP contribution in [0.1, 0.15) is 11.6 Å². The molecule has 4 heteroatoms. The normalized spacial score (nSPS) is 13.8. The van der Waals surface area contributed by atoms with Crippen molar-refractivity contribution in [3.8, 4) is 0 Å². The van der Waals surface area contributed by atoms with E-state index in [1.807, 2.05) is 36.4 Å². The first-order valence-electron chi connectivity index (χ1n) is 6.20. The van der Waals surface area contributed by atoms with E-state index in [2.05, 4.69) is 0 Å². The van der Waals surface area contributed by atoms with Gasteiger partial charge >= 0.3 is 6.18 Å². The van der Waals surface area contributed by atoms with Crippen molar-refractivity contribution in [2.24, 2.45) is 5.73 Å². The van der Waals surface area contributed by atoms with E-state index >= 15 is 0 Å². The van der Waals surface area contributed by atoms with Crippen LogP contribution in [0.5, 0.6) is 0 Å². The summed E-state index contributed by atoms with van der Waals surface area (Å²) >= 11 is 0. The van der Waals surface area contributed by atoms with E-state index in [4.69, 9.17) is 5.73 Å². The van der Waals surface area contributed by atoms with Crippen molar-refractivity contribution < 1.29 is 13.2 Å². The Kier molecular flexibility index (Phi) is 2.91. The van der Waals surface area contributed by atoms with Gasteiger partial charge in [0, 0.05) is 0 Å². The molecular formula is C16H12F3N. The van der Waals surface area contributed by atoms with Crippen LogP contribution in [0.3, 0.4) is 0 Å². The Morgan fingerprint density at radius 1 is 0.750 bits per heavy atom. The number of fused-ring (bicyclic) bond motifs is 2. The number of halogens is 3. The molecule has 3 aromatic rings. The van der Waals surface area contributed by atoms with Gasteiger partial charge in [0.15, 0.2) is 0 Å². The Labute approximate surface area is 113 Å². The molecular weight excluding hydrogens is 263 g/mol. The van der Waals surface area contributed by atoms with E-state index < -0.39 is 12.2 Å². The summed E-state index contributed by atoms with van der Waals surface area (Å²) in [6, 6.07) is 14.3. The van der Waals surface area contributed by atoms with Crippen molar-refractivity contribution in [3.05, 3.63) is 60.2 Å². The minimum Gasteiger partial charge on any atom is -0.316 e. The SMILES string of the molecule is NC(c1ccc2cc3ccccc3cc2c1)C(F)(F)F. The van der Waals surface area contributed by atoms with Crippen molar-refractivity contribution >= 4 is 21.5 Å². The first-order chi connectivity index (χ1) is 9.45. The van der Waals surface area contributed by atoms with Crippen LogP contribution >= 0.6 is 0 Å². The van der Waals surface area contributed by atoms with Crippen LogP contribution in [-0.2, 0) is 0 Å². The number of benzene rings is 3. The smallest absolute Gasteiger partial charge is 0.316 e. The van der Waals surface area contributed by atoms with Crippen molar-refractivity contribution in [2.75, 3.05) is 0 Å². The van der Waals surface area contributed by atoms with Crippen molar-refractivity contribution in [1.82, 2.24) is 0 Å². The molecule has 0 fully saturated rings. The van der Waals surface area contributed by atoms with Crippen LogP contribution in [0.2, 0.25) is 0 Å². The highest BCUT2D eigenvalue weighted by molar-refractivity contribution is 5.98. The number of hydrogen-bond donors (Lipinski definition) is 1. The monoisotopic (exact) mass is 275 g/mol. The zero-order chi connectivity index (χ0) is 14.3. The second kappa shape index (κ2) is 4.49. The zero-order valence-corrected chi connectivity index (χ0v) is 10.5. The zero-order valence-electron chi connectivity index (χ0n) is 10.5. The molecule has 0 aromatic heterocycles. The molecule has 0 aliphatic rings. The van der Waals surface area contributed by atoms with Crippen LogP contribution in [0.25, 0.3) is 21.5 Å². The van der Waals surface area contributed by atoms with Gasteiger partial charge in [-0.15, -0.1) is 0 Å². The van der Waals surface area contributed by atoms with Gasteiger partial charge in [0.25, 0.3) is 0 Å². The van der Waals surface area contributed by atoms with Gasteiger partial charge in [-0.05, 0) is 45.3 Å². The summed E-state index contributed by atoms with van der Waals surface area (Å²) < 4.78 is 38.0. The molecule has 0 radical (unpaired) electrons. The molecule has 0 heterocycles. The molecule has 102 valence electrons. The lowest BCUT2D eigenvalue weighted by Gasteiger charge is -2.16. The first kappa shape index (κ1) is 12.9. The maximum atomic E-state index is 12.7. The Bertz CT molecular complexity index is 777. The number of rotatable bonds is 1. The number of hydrogen-bond acceptors (Lipinski definition) is 1. The van der Waals surface area contributed by atoms with Gasteiger partial charge in [0.05, 0.1) is 0 Å². The van der Waals surface area contributed by atoms with E-state index in [9.17, 15) is 13.2 Å². The van der Waals surface area contributed by atoms with E-state index in [-0.39, 0.29) is 5.56 Å². The molecule has 0 amide bonds. The minimum absolute atomic E-state index is 0.0836. The van der Waals surface area contributed by atoms with Crippen molar-refractivity contribution in [2.45, 2.75) is 12.2 Å². The summed E-state index contributed by atoms with van der Waals surface area (Å²) in [5.74, 6) is 0. The van der Waals surface area contributed by atoms with Crippen LogP contribution in [0.4, 0.5) is 13.2 Å². The first-order valence-corrected chi connectivity index (χ1v) is 6.20. The van der Waals surface area contributed by atoms with Gasteiger partial charge in [-0.3, -0.25) is 0 Å². The third-order valence-corrected chi connectivity index (χ3v) is 3.44. The topological polar surface area (TPSA) is 26.0 Å². The second-order valence-electron chi connectivity index (χ2n) is 4.83. The lowest BCUT2D eigenvalue weighted by atomic mass is 9.99. The Hall–Kier alpha value is -2.07. The van der Waals surface area contributed by atoms with E-state index in [1.165, 1.54) is 12.1 Å². The summed E-state index contributed by atoms with van der Waals surface area (Å²) in [6.45, 7) is 0. The molecule has 3 aromatic carbocycles. The van der Waals surface area contributed by atoms with Gasteiger partial charge in [0.2, 0.25) is 0 Å². The molecule has 0 saturated heterocycles. The highest BCUT2D eigenvalue weighted by Gasteiger charge is 2.37. The second-order valence-corrected chi connectivity index (χ2v) is 4.83. The molecule has 2 N–H and O–H groups in total. The summed E-state index contributed by atoms with van der Waals surface area (Å²) in [6.07, 6.45) is -4.43. The van der Waals surface area contributed by atoms with E-state index in [0.717, 1.165) is 21.5 Å². The highest BCUT2D eigenvalue weighted by Crippen LogP contribution is 2.32. The van der Waals surface area contributed by atoms with Gasteiger partial charge in [0.1, 0.15) is 6.04 Å². The predicted octanol–water partition coefficient (Wildman–Crippen LogP) is 4.56. The fraction of sp³-hybridized carbons (Fsp3) is 0.125. The lowest BCUT2D eigenvalue weighted by molar-refractivity contribution is -0.149. The fourth-order valence-corrected chi connectivity index (χ4v) is 2.34. The summed E-state index contributed by atoms with van der Waals surface area (Å²) in [7, 11) is 0. The fourth-order valence-electron chi connectivity index (χ4n) is 2.34. The molecule has 0 aliphatic carbocycles. The van der Waals surface area contributed by atoms with Gasteiger partial charge in [-0.25, -0.2) is 0 Å². The molecule has 0 saturated carbocycles. The maximum absolute atomic E-state index is 12.7. The molecule has 0 bridgehead atoms. The molecule has 1 atom stereocenters. The summed E-state index contributed by atoms with van der Waals surface area (Å²) in [5.41, 5.74) is 5.33. The highest BCUT2D eigenvalue weighted by atomic mass is 19.4. The molecule has 3 rings (SSSR count). The minimum atomic E-state index is -4.43. The Morgan fingerprint density at radius 2 is 1.30 bits per heavy atom. The maximum Gasteiger partial charge on any atom is 0.407 e. The van der Waals surface area contributed by atoms with Crippen LogP contribution in [-0.4, -0.2) is 6.18 Å².